The minimum absolute atomic E-state index is 0.107. The molecule has 2 aliphatic rings. The molecule has 2 heterocycles. The lowest BCUT2D eigenvalue weighted by Gasteiger charge is -2.27. The number of hydrogen-bond acceptors (Lipinski definition) is 6. The summed E-state index contributed by atoms with van der Waals surface area (Å²) in [6.45, 7) is 1.94. The number of amides is 3. The maximum atomic E-state index is 13.9. The second-order valence-corrected chi connectivity index (χ2v) is 8.72. The Morgan fingerprint density at radius 1 is 1.15 bits per heavy atom. The third kappa shape index (κ3) is 5.23. The zero-order chi connectivity index (χ0) is 23.4. The van der Waals surface area contributed by atoms with Crippen molar-refractivity contribution < 1.29 is 23.5 Å². The maximum absolute atomic E-state index is 13.9. The first-order valence-corrected chi connectivity index (χ1v) is 11.4. The number of nitrogens with one attached hydrogen (secondary N) is 1. The van der Waals surface area contributed by atoms with Crippen LogP contribution in [0.4, 0.5) is 15.8 Å². The van der Waals surface area contributed by atoms with Crippen LogP contribution < -0.4 is 5.32 Å². The van der Waals surface area contributed by atoms with E-state index in [1.165, 1.54) is 17.0 Å². The number of hydrogen-bond donors (Lipinski definition) is 1. The first-order valence-electron chi connectivity index (χ1n) is 10.5. The monoisotopic (exact) mass is 470 g/mol. The molecule has 2 aromatic rings. The minimum Gasteiger partial charge on any atom is -0.378 e. The Labute approximate surface area is 194 Å². The summed E-state index contributed by atoms with van der Waals surface area (Å²) in [5.41, 5.74) is 0.903. The van der Waals surface area contributed by atoms with Gasteiger partial charge in [-0.1, -0.05) is 36.0 Å². The van der Waals surface area contributed by atoms with Gasteiger partial charge in [0.05, 0.1) is 24.5 Å². The molecular formula is C23H23FN4O4S. The Hall–Kier alpha value is -3.24. The van der Waals surface area contributed by atoms with Gasteiger partial charge >= 0.3 is 0 Å². The summed E-state index contributed by atoms with van der Waals surface area (Å²) in [5.74, 6) is -1.36. The van der Waals surface area contributed by atoms with Crippen molar-refractivity contribution in [1.29, 1.82) is 0 Å². The van der Waals surface area contributed by atoms with Crippen LogP contribution in [0.25, 0.3) is 0 Å². The Bertz CT molecular complexity index is 1100. The molecule has 1 atom stereocenters. The average Bonchev–Trinajstić information content (AvgIpc) is 3.08. The predicted molar refractivity (Wildman–Crippen MR) is 124 cm³/mol. The average molecular weight is 471 g/mol. The number of thioether (sulfide) groups is 1. The molecule has 2 fully saturated rings. The summed E-state index contributed by atoms with van der Waals surface area (Å²) in [7, 11) is 1.54. The topological polar surface area (TPSA) is 91.3 Å². The molecule has 33 heavy (non-hydrogen) atoms. The third-order valence-corrected chi connectivity index (χ3v) is 6.54. The fraction of sp³-hybridized carbons (Fsp3) is 0.304. The second-order valence-electron chi connectivity index (χ2n) is 7.55. The van der Waals surface area contributed by atoms with E-state index in [9.17, 15) is 18.8 Å². The fourth-order valence-electron chi connectivity index (χ4n) is 3.53. The quantitative estimate of drug-likeness (QED) is 0.726. The van der Waals surface area contributed by atoms with Crippen molar-refractivity contribution in [2.45, 2.75) is 11.7 Å². The molecular weight excluding hydrogens is 447 g/mol. The Balaban J connectivity index is 1.44. The Morgan fingerprint density at radius 3 is 2.61 bits per heavy atom. The van der Waals surface area contributed by atoms with E-state index in [4.69, 9.17) is 4.74 Å². The smallest absolute Gasteiger partial charge is 0.256 e. The molecule has 1 N–H and O–H groups in total. The van der Waals surface area contributed by atoms with Gasteiger partial charge in [-0.05, 0) is 24.3 Å². The lowest BCUT2D eigenvalue weighted by molar-refractivity contribution is -0.127. The first-order chi connectivity index (χ1) is 15.9. The number of rotatable bonds is 5. The van der Waals surface area contributed by atoms with Gasteiger partial charge in [0.1, 0.15) is 16.8 Å². The zero-order valence-electron chi connectivity index (χ0n) is 18.0. The van der Waals surface area contributed by atoms with Crippen LogP contribution in [0.3, 0.4) is 0 Å². The van der Waals surface area contributed by atoms with E-state index < -0.39 is 17.0 Å². The van der Waals surface area contributed by atoms with E-state index in [0.717, 1.165) is 11.8 Å². The summed E-state index contributed by atoms with van der Waals surface area (Å²) in [6, 6.07) is 12.8. The Kier molecular flexibility index (Phi) is 7.05. The van der Waals surface area contributed by atoms with Gasteiger partial charge in [-0.15, -0.1) is 0 Å². The molecule has 2 saturated heterocycles. The largest absolute Gasteiger partial charge is 0.378 e. The van der Waals surface area contributed by atoms with Crippen molar-refractivity contribution in [3.8, 4) is 0 Å². The number of benzene rings is 2. The van der Waals surface area contributed by atoms with Crippen LogP contribution in [0.2, 0.25) is 0 Å². The van der Waals surface area contributed by atoms with E-state index in [1.54, 1.807) is 48.3 Å². The van der Waals surface area contributed by atoms with Crippen molar-refractivity contribution in [3.63, 3.8) is 0 Å². The predicted octanol–water partition coefficient (Wildman–Crippen LogP) is 2.89. The van der Waals surface area contributed by atoms with E-state index in [2.05, 4.69) is 10.3 Å². The standard InChI is InChI=1S/C23H23FN4O4S/c1-27-22(31)19(33-23(27)26-18-9-5-3-7-16(18)24)14-20(29)25-17-8-4-2-6-15(17)21(30)28-10-12-32-13-11-28/h2-9,19H,10-14H2,1H3,(H,25,29)/t19-/m0/s1. The lowest BCUT2D eigenvalue weighted by Crippen LogP contribution is -2.41. The van der Waals surface area contributed by atoms with Crippen LogP contribution in [-0.4, -0.2) is 71.3 Å². The third-order valence-electron chi connectivity index (χ3n) is 5.31. The summed E-state index contributed by atoms with van der Waals surface area (Å²) >= 11 is 1.11. The summed E-state index contributed by atoms with van der Waals surface area (Å²) in [5, 5.41) is 2.40. The van der Waals surface area contributed by atoms with Crippen molar-refractivity contribution in [2.24, 2.45) is 4.99 Å². The highest BCUT2D eigenvalue weighted by Gasteiger charge is 2.37. The molecule has 0 bridgehead atoms. The van der Waals surface area contributed by atoms with E-state index in [0.29, 0.717) is 42.7 Å². The van der Waals surface area contributed by atoms with Gasteiger partial charge in [0, 0.05) is 26.6 Å². The molecule has 0 unspecified atom stereocenters. The summed E-state index contributed by atoms with van der Waals surface area (Å²) < 4.78 is 19.2. The number of carbonyl (C=O) groups excluding carboxylic acids is 3. The lowest BCUT2D eigenvalue weighted by atomic mass is 10.1. The zero-order valence-corrected chi connectivity index (χ0v) is 18.8. The van der Waals surface area contributed by atoms with Crippen molar-refractivity contribution in [3.05, 3.63) is 59.9 Å². The molecule has 172 valence electrons. The number of aliphatic imine (C=N–C) groups is 1. The molecule has 4 rings (SSSR count). The van der Waals surface area contributed by atoms with E-state index >= 15 is 0 Å². The number of nitrogens with zero attached hydrogens (tertiary/aromatic N) is 3. The molecule has 10 heteroatoms. The number of anilines is 1. The highest BCUT2D eigenvalue weighted by atomic mass is 32.2. The van der Waals surface area contributed by atoms with Gasteiger partial charge in [-0.25, -0.2) is 9.38 Å². The van der Waals surface area contributed by atoms with Crippen LogP contribution in [-0.2, 0) is 14.3 Å². The normalized spacial score (nSPS) is 19.8. The second kappa shape index (κ2) is 10.1. The number of halogens is 1. The minimum atomic E-state index is -0.692. The molecule has 2 aromatic carbocycles. The molecule has 0 aliphatic carbocycles. The number of morpholine rings is 1. The molecule has 2 aliphatic heterocycles. The van der Waals surface area contributed by atoms with Crippen LogP contribution in [0.5, 0.6) is 0 Å². The summed E-state index contributed by atoms with van der Waals surface area (Å²) in [6.07, 6.45) is -0.107. The Morgan fingerprint density at radius 2 is 1.85 bits per heavy atom. The van der Waals surface area contributed by atoms with Gasteiger partial charge in [0.2, 0.25) is 11.8 Å². The van der Waals surface area contributed by atoms with Crippen LogP contribution in [0, 0.1) is 5.82 Å². The van der Waals surface area contributed by atoms with Gasteiger partial charge < -0.3 is 15.0 Å². The highest BCUT2D eigenvalue weighted by Crippen LogP contribution is 2.31. The molecule has 0 radical (unpaired) electrons. The fourth-order valence-corrected chi connectivity index (χ4v) is 4.68. The summed E-state index contributed by atoms with van der Waals surface area (Å²) in [4.78, 5) is 45.5. The number of para-hydroxylation sites is 2. The van der Waals surface area contributed by atoms with Crippen molar-refractivity contribution >= 4 is 46.0 Å². The van der Waals surface area contributed by atoms with E-state index in [1.807, 2.05) is 0 Å². The van der Waals surface area contributed by atoms with Crippen LogP contribution >= 0.6 is 11.8 Å². The molecule has 0 spiro atoms. The SMILES string of the molecule is CN1C(=O)[C@H](CC(=O)Nc2ccccc2C(=O)N2CCOCC2)SC1=Nc1ccccc1F. The first kappa shape index (κ1) is 22.9. The highest BCUT2D eigenvalue weighted by molar-refractivity contribution is 8.15. The molecule has 0 aromatic heterocycles. The van der Waals surface area contributed by atoms with Gasteiger partial charge in [-0.3, -0.25) is 19.3 Å². The van der Waals surface area contributed by atoms with E-state index in [-0.39, 0.29) is 23.9 Å². The van der Waals surface area contributed by atoms with Crippen molar-refractivity contribution in [2.75, 3.05) is 38.7 Å². The maximum Gasteiger partial charge on any atom is 0.256 e. The van der Waals surface area contributed by atoms with Crippen LogP contribution in [0.15, 0.2) is 53.5 Å². The number of amidine groups is 1. The van der Waals surface area contributed by atoms with Gasteiger partial charge in [0.15, 0.2) is 5.17 Å². The number of ether oxygens (including phenoxy) is 1. The van der Waals surface area contributed by atoms with Gasteiger partial charge in [-0.2, -0.15) is 0 Å². The molecule has 8 nitrogen and oxygen atoms in total. The van der Waals surface area contributed by atoms with Crippen LogP contribution in [0.1, 0.15) is 16.8 Å². The molecule has 3 amide bonds. The van der Waals surface area contributed by atoms with Gasteiger partial charge in [0.25, 0.3) is 5.91 Å². The van der Waals surface area contributed by atoms with Crippen molar-refractivity contribution in [1.82, 2.24) is 9.80 Å². The number of carbonyl (C=O) groups is 3. The molecule has 0 saturated carbocycles.